The van der Waals surface area contributed by atoms with Gasteiger partial charge in [0.25, 0.3) is 0 Å². The van der Waals surface area contributed by atoms with E-state index in [1.165, 1.54) is 6.07 Å². The van der Waals surface area contributed by atoms with E-state index in [9.17, 15) is 20.2 Å². The van der Waals surface area contributed by atoms with E-state index in [-0.39, 0.29) is 50.3 Å². The first kappa shape index (κ1) is 28.3. The van der Waals surface area contributed by atoms with Crippen molar-refractivity contribution in [2.24, 2.45) is 0 Å². The molecule has 228 valence electrons. The van der Waals surface area contributed by atoms with Gasteiger partial charge in [-0.2, -0.15) is 0 Å². The van der Waals surface area contributed by atoms with Gasteiger partial charge in [-0.05, 0) is 6.07 Å². The summed E-state index contributed by atoms with van der Waals surface area (Å²) in [6, 6.07) is 25.0. The van der Waals surface area contributed by atoms with Gasteiger partial charge in [-0.1, -0.05) is 72.8 Å². The maximum Gasteiger partial charge on any atom is 1.00 e. The average Bonchev–Trinajstić information content (AvgIpc) is 3.80. The van der Waals surface area contributed by atoms with Crippen molar-refractivity contribution in [3.8, 4) is 45.6 Å². The summed E-state index contributed by atoms with van der Waals surface area (Å²) in [7, 11) is 0. The normalized spacial score (nSPS) is 11.6. The van der Waals surface area contributed by atoms with Crippen molar-refractivity contribution in [1.29, 1.82) is 0 Å². The third-order valence-corrected chi connectivity index (χ3v) is 8.05. The second-order valence-corrected chi connectivity index (χ2v) is 10.6. The first-order valence-corrected chi connectivity index (χ1v) is 14.0. The van der Waals surface area contributed by atoms with Crippen LogP contribution in [0.1, 0.15) is 0 Å². The maximum atomic E-state index is 12.4. The fraction of sp³-hybridized carbons (Fsp3) is 0. The van der Waals surface area contributed by atoms with Gasteiger partial charge in [0.05, 0.1) is 9.85 Å². The van der Waals surface area contributed by atoms with Crippen LogP contribution in [0.15, 0.2) is 84.9 Å². The predicted octanol–water partition coefficient (Wildman–Crippen LogP) is 6.68. The number of hydrogen-bond acceptors (Lipinski definition) is 10. The molecule has 2 aliphatic heterocycles. The van der Waals surface area contributed by atoms with E-state index in [4.69, 9.17) is 29.9 Å². The number of fused-ring (bicyclic) bond motifs is 20. The van der Waals surface area contributed by atoms with Gasteiger partial charge in [-0.25, -0.2) is 29.9 Å². The summed E-state index contributed by atoms with van der Waals surface area (Å²) < 4.78 is 0. The van der Waals surface area contributed by atoms with E-state index in [0.717, 1.165) is 22.4 Å². The Hall–Kier alpha value is -6.22. The number of rotatable bonds is 2. The number of nitrogens with one attached hydrogen (secondary N) is 2. The van der Waals surface area contributed by atoms with Gasteiger partial charge in [0.2, 0.25) is 0 Å². The molecule has 5 heterocycles. The number of nitro benzene ring substituents is 2. The zero-order chi connectivity index (χ0) is 31.1. The Balaban J connectivity index is 0.00000324. The van der Waals surface area contributed by atoms with Crippen LogP contribution in [0.5, 0.6) is 0 Å². The molecule has 2 N–H and O–H groups in total. The van der Waals surface area contributed by atoms with Crippen molar-refractivity contribution < 1.29 is 32.2 Å². The zero-order valence-corrected chi connectivity index (χ0v) is 25.1. The van der Waals surface area contributed by atoms with E-state index in [1.54, 1.807) is 0 Å². The first-order chi connectivity index (χ1) is 22.4. The molecule has 0 saturated carbocycles. The van der Waals surface area contributed by atoms with Crippen molar-refractivity contribution in [3.63, 3.8) is 0 Å². The standard InChI is InChI=1S/C32H16N10O4.Ag/c43-41(44)22-14-13-21-23(24(22)42(45)46)32-39-30-20-12-6-5-11-19(20)28(37-30)35-26-16-8-2-1-7-15(16)25(33-26)34-27-17-9-3-4-10-18(17)29(36-27)38-31(21)40-32;/h1-14H,(H2,33,34,35,36,37,38,39,40);/q;+1. The Morgan fingerprint density at radius 1 is 0.468 bits per heavy atom. The van der Waals surface area contributed by atoms with Crippen molar-refractivity contribution in [3.05, 3.63) is 105 Å². The summed E-state index contributed by atoms with van der Waals surface area (Å²) in [4.78, 5) is 58.0. The van der Waals surface area contributed by atoms with Gasteiger partial charge < -0.3 is 9.97 Å². The molecule has 0 radical (unpaired) electrons. The first-order valence-electron chi connectivity index (χ1n) is 14.0. The fourth-order valence-electron chi connectivity index (χ4n) is 6.03. The van der Waals surface area contributed by atoms with Gasteiger partial charge in [0.15, 0.2) is 23.3 Å². The van der Waals surface area contributed by atoms with E-state index in [0.29, 0.717) is 45.5 Å². The van der Waals surface area contributed by atoms with Crippen LogP contribution in [0.4, 0.5) is 11.4 Å². The van der Waals surface area contributed by atoms with Crippen LogP contribution in [-0.4, -0.2) is 49.7 Å². The summed E-state index contributed by atoms with van der Waals surface area (Å²) in [6.45, 7) is 0. The van der Waals surface area contributed by atoms with Crippen LogP contribution in [0.3, 0.4) is 0 Å². The number of aromatic nitrogens is 8. The molecule has 4 aromatic carbocycles. The number of nitrogens with zero attached hydrogens (tertiary/aromatic N) is 8. The number of H-pyrrole nitrogens is 2. The molecule has 0 amide bonds. The molecule has 0 spiro atoms. The minimum atomic E-state index is -0.789. The molecule has 8 bridgehead atoms. The molecule has 0 unspecified atom stereocenters. The number of hydrogen-bond donors (Lipinski definition) is 2. The number of aromatic amines is 2. The summed E-state index contributed by atoms with van der Waals surface area (Å²) in [5.41, 5.74) is 2.61. The SMILES string of the molecule is O=[N+]([O-])c1ccc2c3nc4nc(nc5[nH]c(nc6nc(nc([nH]3)c2c1[N+](=O)[O-])-c1ccccc1-6)c1ccccc51)-c1ccccc1-4.[Ag+]. The van der Waals surface area contributed by atoms with Crippen molar-refractivity contribution in [2.45, 2.75) is 0 Å². The second kappa shape index (κ2) is 10.4. The van der Waals surface area contributed by atoms with Crippen molar-refractivity contribution >= 4 is 55.5 Å². The fourth-order valence-corrected chi connectivity index (χ4v) is 6.03. The molecule has 2 aliphatic rings. The molecule has 3 aromatic heterocycles. The topological polar surface area (TPSA) is 195 Å². The Labute approximate surface area is 277 Å². The largest absolute Gasteiger partial charge is 1.00 e. The maximum absolute atomic E-state index is 12.4. The molecule has 15 heteroatoms. The molecule has 0 atom stereocenters. The summed E-state index contributed by atoms with van der Waals surface area (Å²) in [6.07, 6.45) is 0. The Morgan fingerprint density at radius 2 is 0.872 bits per heavy atom. The van der Waals surface area contributed by atoms with Crippen LogP contribution in [0.2, 0.25) is 0 Å². The zero-order valence-electron chi connectivity index (χ0n) is 23.6. The third kappa shape index (κ3) is 4.24. The number of nitro groups is 2. The van der Waals surface area contributed by atoms with Gasteiger partial charge in [-0.15, -0.1) is 0 Å². The second-order valence-electron chi connectivity index (χ2n) is 10.6. The van der Waals surface area contributed by atoms with Crippen LogP contribution < -0.4 is 0 Å². The third-order valence-electron chi connectivity index (χ3n) is 8.05. The predicted molar refractivity (Wildman–Crippen MR) is 169 cm³/mol. The molecule has 0 saturated heterocycles. The quantitative estimate of drug-likeness (QED) is 0.111. The van der Waals surface area contributed by atoms with Crippen LogP contribution in [0, 0.1) is 20.2 Å². The molecule has 14 nitrogen and oxygen atoms in total. The van der Waals surface area contributed by atoms with E-state index in [1.807, 2.05) is 72.8 Å². The molecule has 47 heavy (non-hydrogen) atoms. The average molecular weight is 712 g/mol. The summed E-state index contributed by atoms with van der Waals surface area (Å²) in [5, 5.41) is 26.1. The molecule has 0 aliphatic carbocycles. The van der Waals surface area contributed by atoms with Gasteiger partial charge in [-0.3, -0.25) is 20.2 Å². The summed E-state index contributed by atoms with van der Waals surface area (Å²) in [5.74, 6) is 1.29. The van der Waals surface area contributed by atoms with E-state index in [2.05, 4.69) is 9.97 Å². The van der Waals surface area contributed by atoms with Crippen molar-refractivity contribution in [2.75, 3.05) is 0 Å². The molecule has 0 fully saturated rings. The Kier molecular flexibility index (Phi) is 6.27. The molecular weight excluding hydrogens is 696 g/mol. The van der Waals surface area contributed by atoms with Crippen LogP contribution in [0.25, 0.3) is 89.7 Å². The molecule has 9 rings (SSSR count). The Morgan fingerprint density at radius 3 is 1.32 bits per heavy atom. The van der Waals surface area contributed by atoms with Gasteiger partial charge in [0, 0.05) is 44.5 Å². The van der Waals surface area contributed by atoms with Crippen LogP contribution in [-0.2, 0) is 22.4 Å². The van der Waals surface area contributed by atoms with E-state index < -0.39 is 21.2 Å². The smallest absolute Gasteiger partial charge is 0.324 e. The van der Waals surface area contributed by atoms with Crippen molar-refractivity contribution in [1.82, 2.24) is 39.9 Å². The molecule has 7 aromatic rings. The number of benzene rings is 4. The van der Waals surface area contributed by atoms with E-state index >= 15 is 0 Å². The van der Waals surface area contributed by atoms with Gasteiger partial charge >= 0.3 is 33.8 Å². The van der Waals surface area contributed by atoms with Crippen LogP contribution >= 0.6 is 0 Å². The van der Waals surface area contributed by atoms with Gasteiger partial charge in [0.1, 0.15) is 28.0 Å². The summed E-state index contributed by atoms with van der Waals surface area (Å²) >= 11 is 0. The minimum absolute atomic E-state index is 0. The Bertz CT molecular complexity index is 2680. The minimum Gasteiger partial charge on any atom is -0.324 e. The monoisotopic (exact) mass is 711 g/mol. The molecular formula is C32H16AgN10O4+.